The molecule has 5 nitrogen and oxygen atoms in total. The Hall–Kier alpha value is -2.08. The Morgan fingerprint density at radius 3 is 2.80 bits per heavy atom. The van der Waals surface area contributed by atoms with Gasteiger partial charge in [0.25, 0.3) is 0 Å². The molecule has 20 heavy (non-hydrogen) atoms. The number of nitrogens with one attached hydrogen (secondary N) is 1. The number of hydrogen-bond acceptors (Lipinski definition) is 4. The summed E-state index contributed by atoms with van der Waals surface area (Å²) in [5.74, 6) is 1.26. The average Bonchev–Trinajstić information content (AvgIpc) is 2.85. The molecule has 0 saturated heterocycles. The van der Waals surface area contributed by atoms with Crippen molar-refractivity contribution < 1.29 is 13.9 Å². The minimum absolute atomic E-state index is 0.232. The molecule has 2 aromatic rings. The van der Waals surface area contributed by atoms with E-state index in [-0.39, 0.29) is 11.7 Å². The van der Waals surface area contributed by atoms with Crippen molar-refractivity contribution in [3.63, 3.8) is 0 Å². The van der Waals surface area contributed by atoms with Crippen LogP contribution in [0.1, 0.15) is 21.9 Å². The summed E-state index contributed by atoms with van der Waals surface area (Å²) in [5, 5.41) is 3.88. The number of amides is 1. The molecule has 0 fully saturated rings. The Balaban J connectivity index is 2.00. The Labute approximate surface area is 124 Å². The highest BCUT2D eigenvalue weighted by molar-refractivity contribution is 9.10. The van der Waals surface area contributed by atoms with Crippen LogP contribution in [0.3, 0.4) is 0 Å². The molecular formula is C14H13BrN2O3. The van der Waals surface area contributed by atoms with Crippen LogP contribution in [-0.4, -0.2) is 19.2 Å². The van der Waals surface area contributed by atoms with Crippen molar-refractivity contribution in [2.45, 2.75) is 6.92 Å². The zero-order valence-electron chi connectivity index (χ0n) is 11.0. The van der Waals surface area contributed by atoms with Gasteiger partial charge < -0.3 is 9.15 Å². The number of nitrogens with zero attached hydrogens (tertiary/aromatic N) is 1. The van der Waals surface area contributed by atoms with Crippen LogP contribution < -0.4 is 10.2 Å². The minimum Gasteiger partial charge on any atom is -0.496 e. The number of aryl methyl sites for hydroxylation is 1. The maximum Gasteiger partial charge on any atom is 0.307 e. The van der Waals surface area contributed by atoms with Crippen molar-refractivity contribution in [2.24, 2.45) is 5.10 Å². The Kier molecular flexibility index (Phi) is 4.57. The highest BCUT2D eigenvalue weighted by Crippen LogP contribution is 2.24. The molecule has 2 rings (SSSR count). The summed E-state index contributed by atoms with van der Waals surface area (Å²) >= 11 is 3.38. The number of carbonyl (C=O) groups is 1. The van der Waals surface area contributed by atoms with Crippen molar-refractivity contribution in [3.8, 4) is 5.75 Å². The second-order valence-corrected chi connectivity index (χ2v) is 4.86. The Morgan fingerprint density at radius 2 is 2.20 bits per heavy atom. The lowest BCUT2D eigenvalue weighted by Gasteiger charge is -2.03. The molecule has 0 aliphatic carbocycles. The predicted octanol–water partition coefficient (Wildman–Crippen LogP) is 3.12. The van der Waals surface area contributed by atoms with Crippen molar-refractivity contribution in [2.75, 3.05) is 7.11 Å². The van der Waals surface area contributed by atoms with Crippen molar-refractivity contribution >= 4 is 28.1 Å². The smallest absolute Gasteiger partial charge is 0.307 e. The van der Waals surface area contributed by atoms with E-state index in [1.54, 1.807) is 26.2 Å². The fourth-order valence-corrected chi connectivity index (χ4v) is 2.10. The van der Waals surface area contributed by atoms with Gasteiger partial charge in [-0.15, -0.1) is 0 Å². The van der Waals surface area contributed by atoms with E-state index in [1.807, 2.05) is 18.2 Å². The largest absolute Gasteiger partial charge is 0.496 e. The SMILES string of the molecule is COc1ccc(C=NNC(=O)c2ccc(C)o2)cc1Br. The quantitative estimate of drug-likeness (QED) is 0.689. The van der Waals surface area contributed by atoms with Gasteiger partial charge in [-0.3, -0.25) is 4.79 Å². The second-order valence-electron chi connectivity index (χ2n) is 4.00. The molecule has 1 aromatic heterocycles. The number of rotatable bonds is 4. The van der Waals surface area contributed by atoms with Crippen LogP contribution in [0.15, 0.2) is 44.3 Å². The van der Waals surface area contributed by atoms with Crippen LogP contribution in [0.4, 0.5) is 0 Å². The van der Waals surface area contributed by atoms with Gasteiger partial charge in [-0.05, 0) is 58.7 Å². The van der Waals surface area contributed by atoms with E-state index in [2.05, 4.69) is 26.5 Å². The summed E-state index contributed by atoms with van der Waals surface area (Å²) in [6, 6.07) is 8.80. The first-order valence-electron chi connectivity index (χ1n) is 5.83. The fraction of sp³-hybridized carbons (Fsp3) is 0.143. The van der Waals surface area contributed by atoms with Crippen molar-refractivity contribution in [1.82, 2.24) is 5.43 Å². The number of halogens is 1. The third-order valence-corrected chi connectivity index (χ3v) is 3.14. The van der Waals surface area contributed by atoms with E-state index in [0.717, 1.165) is 15.8 Å². The third-order valence-electron chi connectivity index (χ3n) is 2.52. The normalized spacial score (nSPS) is 10.8. The lowest BCUT2D eigenvalue weighted by Crippen LogP contribution is -2.16. The zero-order chi connectivity index (χ0) is 14.5. The number of benzene rings is 1. The molecule has 0 unspecified atom stereocenters. The van der Waals surface area contributed by atoms with Gasteiger partial charge in [0.2, 0.25) is 0 Å². The summed E-state index contributed by atoms with van der Waals surface area (Å²) in [7, 11) is 1.60. The number of furan rings is 1. The molecule has 6 heteroatoms. The molecule has 0 spiro atoms. The topological polar surface area (TPSA) is 63.8 Å². The van der Waals surface area contributed by atoms with E-state index in [4.69, 9.17) is 9.15 Å². The fourth-order valence-electron chi connectivity index (χ4n) is 1.54. The van der Waals surface area contributed by atoms with Crippen LogP contribution in [0, 0.1) is 6.92 Å². The predicted molar refractivity (Wildman–Crippen MR) is 79.2 cm³/mol. The summed E-state index contributed by atoms with van der Waals surface area (Å²) in [4.78, 5) is 11.7. The molecule has 0 aliphatic rings. The standard InChI is InChI=1S/C14H13BrN2O3/c1-9-3-5-13(20-9)14(18)17-16-8-10-4-6-12(19-2)11(15)7-10/h3-8H,1-2H3,(H,17,18). The average molecular weight is 337 g/mol. The molecule has 0 atom stereocenters. The van der Waals surface area contributed by atoms with E-state index in [0.29, 0.717) is 5.76 Å². The second kappa shape index (κ2) is 6.38. The Morgan fingerprint density at radius 1 is 1.40 bits per heavy atom. The van der Waals surface area contributed by atoms with E-state index < -0.39 is 0 Å². The van der Waals surface area contributed by atoms with Gasteiger partial charge in [0.15, 0.2) is 5.76 Å². The molecule has 0 aliphatic heterocycles. The van der Waals surface area contributed by atoms with E-state index in [9.17, 15) is 4.79 Å². The van der Waals surface area contributed by atoms with Gasteiger partial charge >= 0.3 is 5.91 Å². The summed E-state index contributed by atoms with van der Waals surface area (Å²) in [6.07, 6.45) is 1.54. The van der Waals surface area contributed by atoms with Gasteiger partial charge in [0.05, 0.1) is 17.8 Å². The third kappa shape index (κ3) is 3.48. The van der Waals surface area contributed by atoms with E-state index >= 15 is 0 Å². The van der Waals surface area contributed by atoms with Gasteiger partial charge in [-0.25, -0.2) is 5.43 Å². The molecule has 0 radical (unpaired) electrons. The highest BCUT2D eigenvalue weighted by Gasteiger charge is 2.08. The van der Waals surface area contributed by atoms with Crippen LogP contribution in [0.5, 0.6) is 5.75 Å². The highest BCUT2D eigenvalue weighted by atomic mass is 79.9. The summed E-state index contributed by atoms with van der Waals surface area (Å²) in [5.41, 5.74) is 3.23. The molecule has 1 aromatic carbocycles. The summed E-state index contributed by atoms with van der Waals surface area (Å²) in [6.45, 7) is 1.77. The maximum absolute atomic E-state index is 11.7. The van der Waals surface area contributed by atoms with Gasteiger partial charge in [-0.2, -0.15) is 5.10 Å². The first-order valence-corrected chi connectivity index (χ1v) is 6.63. The monoisotopic (exact) mass is 336 g/mol. The number of ether oxygens (including phenoxy) is 1. The number of carbonyl (C=O) groups excluding carboxylic acids is 1. The number of methoxy groups -OCH3 is 1. The minimum atomic E-state index is -0.387. The van der Waals surface area contributed by atoms with E-state index in [1.165, 1.54) is 6.21 Å². The lowest BCUT2D eigenvalue weighted by atomic mass is 10.2. The molecule has 0 bridgehead atoms. The maximum atomic E-state index is 11.7. The number of hydrogen-bond donors (Lipinski definition) is 1. The Bertz CT molecular complexity index is 650. The molecular weight excluding hydrogens is 324 g/mol. The number of hydrazone groups is 1. The van der Waals surface area contributed by atoms with Crippen LogP contribution in [-0.2, 0) is 0 Å². The molecule has 0 saturated carbocycles. The van der Waals surface area contributed by atoms with Crippen LogP contribution >= 0.6 is 15.9 Å². The molecule has 104 valence electrons. The van der Waals surface area contributed by atoms with Crippen molar-refractivity contribution in [1.29, 1.82) is 0 Å². The zero-order valence-corrected chi connectivity index (χ0v) is 12.6. The lowest BCUT2D eigenvalue weighted by molar-refractivity contribution is 0.0926. The van der Waals surface area contributed by atoms with Gasteiger partial charge in [0.1, 0.15) is 11.5 Å². The van der Waals surface area contributed by atoms with Crippen molar-refractivity contribution in [3.05, 3.63) is 51.9 Å². The first kappa shape index (κ1) is 14.3. The van der Waals surface area contributed by atoms with Crippen LogP contribution in [0.2, 0.25) is 0 Å². The molecule has 1 N–H and O–H groups in total. The molecule has 1 amide bonds. The van der Waals surface area contributed by atoms with Gasteiger partial charge in [-0.1, -0.05) is 0 Å². The molecule has 1 heterocycles. The van der Waals surface area contributed by atoms with Gasteiger partial charge in [0, 0.05) is 0 Å². The van der Waals surface area contributed by atoms with Crippen LogP contribution in [0.25, 0.3) is 0 Å². The first-order chi connectivity index (χ1) is 9.60. The summed E-state index contributed by atoms with van der Waals surface area (Å²) < 4.78 is 11.1.